The largest absolute Gasteiger partial charge is 0.417 e. The molecule has 1 heterocycles. The summed E-state index contributed by atoms with van der Waals surface area (Å²) in [7, 11) is 0. The molecule has 1 aliphatic heterocycles. The second-order valence-electron chi connectivity index (χ2n) is 4.93. The molecule has 6 heteroatoms. The summed E-state index contributed by atoms with van der Waals surface area (Å²) >= 11 is 3.34. The Labute approximate surface area is 118 Å². The van der Waals surface area contributed by atoms with Gasteiger partial charge >= 0.3 is 6.18 Å². The molecule has 106 valence electrons. The third-order valence-electron chi connectivity index (χ3n) is 3.53. The lowest BCUT2D eigenvalue weighted by Crippen LogP contribution is -2.53. The van der Waals surface area contributed by atoms with Gasteiger partial charge in [-0.15, -0.1) is 0 Å². The summed E-state index contributed by atoms with van der Waals surface area (Å²) in [5.74, 6) is 0. The molecule has 0 bridgehead atoms. The SMILES string of the molecule is OC1(C(F)(F)F)CCN(Cc2ccc(Br)cc2)CC1. The Balaban J connectivity index is 1.92. The number of likely N-dealkylation sites (tertiary alicyclic amines) is 1. The van der Waals surface area contributed by atoms with Gasteiger partial charge in [0.15, 0.2) is 5.60 Å². The molecule has 0 radical (unpaired) electrons. The van der Waals surface area contributed by atoms with Crippen molar-refractivity contribution in [3.8, 4) is 0 Å². The van der Waals surface area contributed by atoms with E-state index in [0.717, 1.165) is 10.0 Å². The molecule has 0 spiro atoms. The lowest BCUT2D eigenvalue weighted by Gasteiger charge is -2.39. The van der Waals surface area contributed by atoms with Gasteiger partial charge < -0.3 is 5.11 Å². The van der Waals surface area contributed by atoms with Crippen LogP contribution >= 0.6 is 15.9 Å². The van der Waals surface area contributed by atoms with Crippen LogP contribution in [0.25, 0.3) is 0 Å². The molecule has 2 nitrogen and oxygen atoms in total. The number of hydrogen-bond donors (Lipinski definition) is 1. The highest BCUT2D eigenvalue weighted by Gasteiger charge is 2.54. The number of halogens is 4. The zero-order valence-corrected chi connectivity index (χ0v) is 11.8. The smallest absolute Gasteiger partial charge is 0.380 e. The van der Waals surface area contributed by atoms with E-state index >= 15 is 0 Å². The van der Waals surface area contributed by atoms with Crippen LogP contribution < -0.4 is 0 Å². The first-order valence-corrected chi connectivity index (χ1v) is 6.85. The molecule has 2 rings (SSSR count). The zero-order valence-electron chi connectivity index (χ0n) is 10.3. The maximum atomic E-state index is 12.7. The van der Waals surface area contributed by atoms with Gasteiger partial charge in [-0.05, 0) is 30.5 Å². The predicted molar refractivity (Wildman–Crippen MR) is 69.7 cm³/mol. The standard InChI is InChI=1S/C13H15BrF3NO/c14-11-3-1-10(2-4-11)9-18-7-5-12(19,6-8-18)13(15,16)17/h1-4,19H,5-9H2. The van der Waals surface area contributed by atoms with E-state index in [9.17, 15) is 18.3 Å². The summed E-state index contributed by atoms with van der Waals surface area (Å²) in [6.07, 6.45) is -5.04. The lowest BCUT2D eigenvalue weighted by molar-refractivity contribution is -0.272. The van der Waals surface area contributed by atoms with E-state index in [1.807, 2.05) is 29.2 Å². The summed E-state index contributed by atoms with van der Waals surface area (Å²) in [4.78, 5) is 1.93. The van der Waals surface area contributed by atoms with Crippen molar-refractivity contribution in [1.29, 1.82) is 0 Å². The molecule has 1 saturated heterocycles. The molecule has 1 N–H and O–H groups in total. The first-order valence-electron chi connectivity index (χ1n) is 6.06. The van der Waals surface area contributed by atoms with Crippen molar-refractivity contribution in [3.63, 3.8) is 0 Å². The summed E-state index contributed by atoms with van der Waals surface area (Å²) in [6, 6.07) is 7.69. The molecular weight excluding hydrogens is 323 g/mol. The minimum atomic E-state index is -4.53. The number of hydrogen-bond acceptors (Lipinski definition) is 2. The minimum Gasteiger partial charge on any atom is -0.380 e. The van der Waals surface area contributed by atoms with Gasteiger partial charge in [-0.1, -0.05) is 28.1 Å². The first-order chi connectivity index (χ1) is 8.80. The van der Waals surface area contributed by atoms with Crippen molar-refractivity contribution >= 4 is 15.9 Å². The molecule has 19 heavy (non-hydrogen) atoms. The zero-order chi connectivity index (χ0) is 14.1. The number of rotatable bonds is 2. The summed E-state index contributed by atoms with van der Waals surface area (Å²) in [5, 5.41) is 9.57. The molecule has 0 saturated carbocycles. The van der Waals surface area contributed by atoms with E-state index in [2.05, 4.69) is 15.9 Å². The van der Waals surface area contributed by atoms with Crippen LogP contribution in [-0.2, 0) is 6.54 Å². The highest BCUT2D eigenvalue weighted by molar-refractivity contribution is 9.10. The van der Waals surface area contributed by atoms with Crippen molar-refractivity contribution in [2.24, 2.45) is 0 Å². The summed E-state index contributed by atoms with van der Waals surface area (Å²) in [6.45, 7) is 1.12. The van der Waals surface area contributed by atoms with Crippen molar-refractivity contribution in [2.75, 3.05) is 13.1 Å². The average molecular weight is 338 g/mol. The highest BCUT2D eigenvalue weighted by atomic mass is 79.9. The van der Waals surface area contributed by atoms with Crippen molar-refractivity contribution < 1.29 is 18.3 Å². The van der Waals surface area contributed by atoms with Crippen LogP contribution in [0.15, 0.2) is 28.7 Å². The van der Waals surface area contributed by atoms with Crippen molar-refractivity contribution in [2.45, 2.75) is 31.2 Å². The van der Waals surface area contributed by atoms with E-state index in [0.29, 0.717) is 6.54 Å². The van der Waals surface area contributed by atoms with Crippen LogP contribution in [0.3, 0.4) is 0 Å². The molecule has 1 aromatic carbocycles. The van der Waals surface area contributed by atoms with Gasteiger partial charge in [0.25, 0.3) is 0 Å². The normalized spacial score (nSPS) is 20.5. The third-order valence-corrected chi connectivity index (χ3v) is 4.06. The van der Waals surface area contributed by atoms with E-state index in [4.69, 9.17) is 0 Å². The molecule has 0 aliphatic carbocycles. The summed E-state index contributed by atoms with van der Waals surface area (Å²) < 4.78 is 38.9. The average Bonchev–Trinajstić information content (AvgIpc) is 2.34. The Kier molecular flexibility index (Phi) is 4.23. The molecule has 0 unspecified atom stereocenters. The lowest BCUT2D eigenvalue weighted by atomic mass is 9.90. The molecule has 0 amide bonds. The van der Waals surface area contributed by atoms with E-state index < -0.39 is 11.8 Å². The van der Waals surface area contributed by atoms with Gasteiger partial charge in [0.1, 0.15) is 0 Å². The van der Waals surface area contributed by atoms with Crippen molar-refractivity contribution in [1.82, 2.24) is 4.90 Å². The van der Waals surface area contributed by atoms with Gasteiger partial charge in [0.05, 0.1) is 0 Å². The number of aliphatic hydroxyl groups is 1. The number of piperidine rings is 1. The fourth-order valence-electron chi connectivity index (χ4n) is 2.21. The Bertz CT molecular complexity index is 425. The van der Waals surface area contributed by atoms with E-state index in [1.165, 1.54) is 0 Å². The molecule has 0 atom stereocenters. The molecule has 1 fully saturated rings. The Morgan fingerprint density at radius 1 is 1.16 bits per heavy atom. The highest BCUT2D eigenvalue weighted by Crippen LogP contribution is 2.38. The fourth-order valence-corrected chi connectivity index (χ4v) is 2.48. The predicted octanol–water partition coefficient (Wildman–Crippen LogP) is 3.34. The maximum absolute atomic E-state index is 12.7. The first kappa shape index (κ1) is 14.8. The van der Waals surface area contributed by atoms with Gasteiger partial charge in [0, 0.05) is 24.1 Å². The second-order valence-corrected chi connectivity index (χ2v) is 5.85. The van der Waals surface area contributed by atoms with Crippen LogP contribution in [0.4, 0.5) is 13.2 Å². The number of nitrogens with zero attached hydrogens (tertiary/aromatic N) is 1. The quantitative estimate of drug-likeness (QED) is 0.894. The molecule has 1 aliphatic rings. The molecule has 0 aromatic heterocycles. The van der Waals surface area contributed by atoms with Crippen LogP contribution in [0.1, 0.15) is 18.4 Å². The van der Waals surface area contributed by atoms with Gasteiger partial charge in [-0.3, -0.25) is 4.90 Å². The van der Waals surface area contributed by atoms with Crippen LogP contribution in [0.2, 0.25) is 0 Å². The number of alkyl halides is 3. The number of benzene rings is 1. The van der Waals surface area contributed by atoms with E-state index in [-0.39, 0.29) is 25.9 Å². The Morgan fingerprint density at radius 3 is 2.16 bits per heavy atom. The monoisotopic (exact) mass is 337 g/mol. The molecule has 1 aromatic rings. The Morgan fingerprint density at radius 2 is 1.68 bits per heavy atom. The van der Waals surface area contributed by atoms with Crippen LogP contribution in [-0.4, -0.2) is 34.9 Å². The van der Waals surface area contributed by atoms with Gasteiger partial charge in [-0.25, -0.2) is 0 Å². The summed E-state index contributed by atoms with van der Waals surface area (Å²) in [5.41, 5.74) is -1.45. The van der Waals surface area contributed by atoms with Crippen LogP contribution in [0.5, 0.6) is 0 Å². The van der Waals surface area contributed by atoms with Crippen LogP contribution in [0, 0.1) is 0 Å². The van der Waals surface area contributed by atoms with Gasteiger partial charge in [0.2, 0.25) is 0 Å². The minimum absolute atomic E-state index is 0.256. The van der Waals surface area contributed by atoms with Gasteiger partial charge in [-0.2, -0.15) is 13.2 Å². The maximum Gasteiger partial charge on any atom is 0.417 e. The van der Waals surface area contributed by atoms with E-state index in [1.54, 1.807) is 0 Å². The second kappa shape index (κ2) is 5.42. The van der Waals surface area contributed by atoms with Crippen molar-refractivity contribution in [3.05, 3.63) is 34.3 Å². The fraction of sp³-hybridized carbons (Fsp3) is 0.538. The third kappa shape index (κ3) is 3.49. The Hall–Kier alpha value is -0.590. The molecular formula is C13H15BrF3NO. The topological polar surface area (TPSA) is 23.5 Å².